The molecule has 1 fully saturated rings. The first-order valence-electron chi connectivity index (χ1n) is 13.2. The molecule has 0 radical (unpaired) electrons. The standard InChI is InChI=1S/C31H37N3O3/c1-2-29(35)33-30(22-25-13-7-4-8-14-25)37-28-16-10-9-15-26(28)17-18-31(36)34-20-19-32-23-27(34)21-24-11-5-3-6-12-24/h3-16,27,30,32H,2,17-23H2,1H3,(H,33,35). The Hall–Kier alpha value is -3.64. The maximum Gasteiger partial charge on any atom is 0.223 e. The molecule has 1 saturated heterocycles. The van der Waals surface area contributed by atoms with Crippen molar-refractivity contribution in [3.05, 3.63) is 102 Å². The SMILES string of the molecule is CCC(=O)NC(Cc1ccccc1)Oc1ccccc1CCC(=O)N1CCNCC1Cc1ccccc1. The second-order valence-corrected chi connectivity index (χ2v) is 9.46. The number of carbonyl (C=O) groups is 2. The molecule has 0 aromatic heterocycles. The number of hydrogen-bond donors (Lipinski definition) is 2. The van der Waals surface area contributed by atoms with Crippen LogP contribution in [0.15, 0.2) is 84.9 Å². The van der Waals surface area contributed by atoms with Crippen molar-refractivity contribution in [2.75, 3.05) is 19.6 Å². The van der Waals surface area contributed by atoms with E-state index in [2.05, 4.69) is 22.8 Å². The second kappa shape index (κ2) is 13.6. The third-order valence-corrected chi connectivity index (χ3v) is 6.74. The van der Waals surface area contributed by atoms with Crippen LogP contribution >= 0.6 is 0 Å². The lowest BCUT2D eigenvalue weighted by molar-refractivity contribution is -0.134. The van der Waals surface area contributed by atoms with Gasteiger partial charge in [0.1, 0.15) is 5.75 Å². The van der Waals surface area contributed by atoms with Crippen molar-refractivity contribution in [3.63, 3.8) is 0 Å². The van der Waals surface area contributed by atoms with Gasteiger partial charge in [-0.15, -0.1) is 0 Å². The molecule has 37 heavy (non-hydrogen) atoms. The number of aryl methyl sites for hydroxylation is 1. The Balaban J connectivity index is 1.41. The highest BCUT2D eigenvalue weighted by Crippen LogP contribution is 2.23. The molecule has 3 aromatic carbocycles. The molecule has 194 valence electrons. The van der Waals surface area contributed by atoms with Crippen molar-refractivity contribution in [1.82, 2.24) is 15.5 Å². The first-order valence-corrected chi connectivity index (χ1v) is 13.2. The molecule has 0 saturated carbocycles. The van der Waals surface area contributed by atoms with E-state index < -0.39 is 6.23 Å². The highest BCUT2D eigenvalue weighted by Gasteiger charge is 2.26. The number of nitrogens with zero attached hydrogens (tertiary/aromatic N) is 1. The summed E-state index contributed by atoms with van der Waals surface area (Å²) in [5.41, 5.74) is 3.29. The largest absolute Gasteiger partial charge is 0.470 e. The lowest BCUT2D eigenvalue weighted by Gasteiger charge is -2.36. The van der Waals surface area contributed by atoms with E-state index in [4.69, 9.17) is 4.74 Å². The van der Waals surface area contributed by atoms with E-state index in [0.29, 0.717) is 31.4 Å². The van der Waals surface area contributed by atoms with Crippen molar-refractivity contribution >= 4 is 11.8 Å². The molecule has 6 heteroatoms. The highest BCUT2D eigenvalue weighted by atomic mass is 16.5. The van der Waals surface area contributed by atoms with Gasteiger partial charge in [-0.05, 0) is 35.6 Å². The van der Waals surface area contributed by atoms with E-state index >= 15 is 0 Å². The molecule has 2 atom stereocenters. The summed E-state index contributed by atoms with van der Waals surface area (Å²) in [6.45, 7) is 4.17. The molecule has 3 aromatic rings. The average Bonchev–Trinajstić information content (AvgIpc) is 2.93. The Morgan fingerprint density at radius 2 is 1.65 bits per heavy atom. The van der Waals surface area contributed by atoms with Gasteiger partial charge in [-0.1, -0.05) is 85.8 Å². The molecule has 0 aliphatic carbocycles. The predicted molar refractivity (Wildman–Crippen MR) is 146 cm³/mol. The third kappa shape index (κ3) is 7.92. The Morgan fingerprint density at radius 1 is 0.973 bits per heavy atom. The highest BCUT2D eigenvalue weighted by molar-refractivity contribution is 5.77. The summed E-state index contributed by atoms with van der Waals surface area (Å²) in [7, 11) is 0. The number of rotatable bonds is 11. The van der Waals surface area contributed by atoms with Gasteiger partial charge in [-0.25, -0.2) is 0 Å². The topological polar surface area (TPSA) is 70.7 Å². The zero-order chi connectivity index (χ0) is 25.9. The molecule has 0 bridgehead atoms. The summed E-state index contributed by atoms with van der Waals surface area (Å²) < 4.78 is 6.33. The van der Waals surface area contributed by atoms with Crippen LogP contribution in [0.1, 0.15) is 36.5 Å². The molecule has 2 unspecified atom stereocenters. The van der Waals surface area contributed by atoms with Gasteiger partial charge >= 0.3 is 0 Å². The van der Waals surface area contributed by atoms with Crippen LogP contribution in [0.3, 0.4) is 0 Å². The van der Waals surface area contributed by atoms with Crippen LogP contribution < -0.4 is 15.4 Å². The van der Waals surface area contributed by atoms with Gasteiger partial charge in [0.15, 0.2) is 6.23 Å². The number of hydrogen-bond acceptors (Lipinski definition) is 4. The van der Waals surface area contributed by atoms with Gasteiger partial charge in [-0.3, -0.25) is 9.59 Å². The van der Waals surface area contributed by atoms with Gasteiger partial charge in [-0.2, -0.15) is 0 Å². The number of piperazine rings is 1. The number of amides is 2. The first kappa shape index (κ1) is 26.4. The van der Waals surface area contributed by atoms with Gasteiger partial charge < -0.3 is 20.3 Å². The lowest BCUT2D eigenvalue weighted by atomic mass is 10.0. The first-order chi connectivity index (χ1) is 18.1. The molecule has 1 heterocycles. The molecule has 2 N–H and O–H groups in total. The van der Waals surface area contributed by atoms with Crippen molar-refractivity contribution in [2.24, 2.45) is 0 Å². The van der Waals surface area contributed by atoms with E-state index in [1.807, 2.05) is 84.6 Å². The van der Waals surface area contributed by atoms with E-state index in [-0.39, 0.29) is 17.9 Å². The van der Waals surface area contributed by atoms with Crippen LogP contribution in [-0.2, 0) is 28.9 Å². The van der Waals surface area contributed by atoms with Crippen LogP contribution in [0.2, 0.25) is 0 Å². The van der Waals surface area contributed by atoms with Crippen LogP contribution in [0.25, 0.3) is 0 Å². The smallest absolute Gasteiger partial charge is 0.223 e. The minimum atomic E-state index is -0.491. The van der Waals surface area contributed by atoms with Gasteiger partial charge in [0, 0.05) is 44.9 Å². The number of nitrogens with one attached hydrogen (secondary N) is 2. The maximum atomic E-state index is 13.3. The van der Waals surface area contributed by atoms with E-state index in [9.17, 15) is 9.59 Å². The van der Waals surface area contributed by atoms with Crippen LogP contribution in [0.4, 0.5) is 0 Å². The minimum Gasteiger partial charge on any atom is -0.470 e. The quantitative estimate of drug-likeness (QED) is 0.389. The van der Waals surface area contributed by atoms with Crippen LogP contribution in [0, 0.1) is 0 Å². The fourth-order valence-corrected chi connectivity index (χ4v) is 4.75. The summed E-state index contributed by atoms with van der Waals surface area (Å²) in [5, 5.41) is 6.43. The molecule has 2 amide bonds. The molecular weight excluding hydrogens is 462 g/mol. The summed E-state index contributed by atoms with van der Waals surface area (Å²) in [5.74, 6) is 0.808. The zero-order valence-corrected chi connectivity index (χ0v) is 21.6. The van der Waals surface area contributed by atoms with Crippen LogP contribution in [-0.4, -0.2) is 48.6 Å². The minimum absolute atomic E-state index is 0.0586. The second-order valence-electron chi connectivity index (χ2n) is 9.46. The molecule has 1 aliphatic heterocycles. The van der Waals surface area contributed by atoms with Gasteiger partial charge in [0.2, 0.25) is 11.8 Å². The van der Waals surface area contributed by atoms with Crippen LogP contribution in [0.5, 0.6) is 5.75 Å². The van der Waals surface area contributed by atoms with Gasteiger partial charge in [0.25, 0.3) is 0 Å². The monoisotopic (exact) mass is 499 g/mol. The van der Waals surface area contributed by atoms with Crippen molar-refractivity contribution < 1.29 is 14.3 Å². The summed E-state index contributed by atoms with van der Waals surface area (Å²) >= 11 is 0. The lowest BCUT2D eigenvalue weighted by Crippen LogP contribution is -2.54. The predicted octanol–water partition coefficient (Wildman–Crippen LogP) is 4.14. The Bertz CT molecular complexity index is 1140. The van der Waals surface area contributed by atoms with Crippen molar-refractivity contribution in [2.45, 2.75) is 51.3 Å². The van der Waals surface area contributed by atoms with Gasteiger partial charge in [0.05, 0.1) is 0 Å². The van der Waals surface area contributed by atoms with E-state index in [1.165, 1.54) is 5.56 Å². The summed E-state index contributed by atoms with van der Waals surface area (Å²) in [6, 6.07) is 28.3. The van der Waals surface area contributed by atoms with Crippen molar-refractivity contribution in [1.29, 1.82) is 0 Å². The maximum absolute atomic E-state index is 13.3. The molecule has 0 spiro atoms. The molecular formula is C31H37N3O3. The third-order valence-electron chi connectivity index (χ3n) is 6.74. The van der Waals surface area contributed by atoms with Crippen molar-refractivity contribution in [3.8, 4) is 5.75 Å². The Kier molecular flexibility index (Phi) is 9.72. The summed E-state index contributed by atoms with van der Waals surface area (Å²) in [6.07, 6.45) is 2.29. The molecule has 4 rings (SSSR count). The summed E-state index contributed by atoms with van der Waals surface area (Å²) in [4.78, 5) is 27.6. The number of para-hydroxylation sites is 1. The zero-order valence-electron chi connectivity index (χ0n) is 21.6. The number of benzene rings is 3. The number of ether oxygens (including phenoxy) is 1. The molecule has 6 nitrogen and oxygen atoms in total. The Labute approximate surface area is 220 Å². The fourth-order valence-electron chi connectivity index (χ4n) is 4.75. The fraction of sp³-hybridized carbons (Fsp3) is 0.355. The Morgan fingerprint density at radius 3 is 2.38 bits per heavy atom. The van der Waals surface area contributed by atoms with E-state index in [0.717, 1.165) is 37.2 Å². The number of carbonyl (C=O) groups excluding carboxylic acids is 2. The molecule has 1 aliphatic rings. The normalized spacial score (nSPS) is 16.1. The van der Waals surface area contributed by atoms with E-state index in [1.54, 1.807) is 0 Å². The average molecular weight is 500 g/mol.